The fraction of sp³-hybridized carbons (Fsp3) is 0.136. The normalized spacial score (nSPS) is 12.2. The molecule has 2 N–H and O–H groups in total. The number of aromatic nitrogens is 4. The zero-order valence-corrected chi connectivity index (χ0v) is 16.4. The number of nitrogens with zero attached hydrogens (tertiary/aromatic N) is 2. The van der Waals surface area contributed by atoms with Crippen LogP contribution in [0.15, 0.2) is 51.9 Å². The van der Waals surface area contributed by atoms with Crippen molar-refractivity contribution in [1.29, 1.82) is 0 Å². The number of imidazole rings is 1. The van der Waals surface area contributed by atoms with E-state index in [1.54, 1.807) is 38.1 Å². The minimum Gasteiger partial charge on any atom is -0.361 e. The van der Waals surface area contributed by atoms with Gasteiger partial charge in [0.15, 0.2) is 0 Å². The summed E-state index contributed by atoms with van der Waals surface area (Å²) in [6, 6.07) is 8.85. The van der Waals surface area contributed by atoms with Crippen molar-refractivity contribution in [2.75, 3.05) is 0 Å². The van der Waals surface area contributed by atoms with E-state index in [-0.39, 0.29) is 16.6 Å². The molecule has 156 valence electrons. The molecule has 0 aliphatic carbocycles. The first-order valence-corrected chi connectivity index (χ1v) is 9.38. The summed E-state index contributed by atoms with van der Waals surface area (Å²) in [6.07, 6.45) is -3.09. The number of aryl methyl sites for hydroxylation is 2. The van der Waals surface area contributed by atoms with Crippen LogP contribution in [-0.2, 0) is 6.18 Å². The molecule has 0 spiro atoms. The number of H-pyrrole nitrogens is 2. The summed E-state index contributed by atoms with van der Waals surface area (Å²) in [5.41, 5.74) is 1.78. The van der Waals surface area contributed by atoms with Gasteiger partial charge in [-0.25, -0.2) is 4.79 Å². The van der Waals surface area contributed by atoms with Gasteiger partial charge in [-0.15, -0.1) is 0 Å². The van der Waals surface area contributed by atoms with Crippen LogP contribution in [-0.4, -0.2) is 20.1 Å². The standard InChI is InChI=1S/C22H15F3N4O2/c1-10-18(11(2)31-29-10)12-8-14(20-17(9-12)27-21(30)28-20)19-13-4-3-7-26-16(13)6-5-15(19)22(23,24)25/h3-9H,1-2H3,(H2,27,28,30). The highest BCUT2D eigenvalue weighted by Crippen LogP contribution is 2.44. The first-order chi connectivity index (χ1) is 14.7. The molecule has 31 heavy (non-hydrogen) atoms. The van der Waals surface area contributed by atoms with E-state index in [2.05, 4.69) is 20.1 Å². The van der Waals surface area contributed by atoms with Crippen molar-refractivity contribution < 1.29 is 17.7 Å². The van der Waals surface area contributed by atoms with E-state index in [0.717, 1.165) is 6.07 Å². The molecule has 9 heteroatoms. The van der Waals surface area contributed by atoms with Crippen LogP contribution in [0, 0.1) is 13.8 Å². The van der Waals surface area contributed by atoms with Crippen molar-refractivity contribution in [1.82, 2.24) is 20.1 Å². The molecule has 5 rings (SSSR count). The van der Waals surface area contributed by atoms with Gasteiger partial charge < -0.3 is 14.5 Å². The average Bonchev–Trinajstić information content (AvgIpc) is 3.26. The Bertz CT molecular complexity index is 1510. The minimum atomic E-state index is -4.61. The third-order valence-corrected chi connectivity index (χ3v) is 5.31. The summed E-state index contributed by atoms with van der Waals surface area (Å²) in [6.45, 7) is 3.47. The second-order valence-corrected chi connectivity index (χ2v) is 7.28. The highest BCUT2D eigenvalue weighted by atomic mass is 19.4. The number of benzene rings is 2. The summed E-state index contributed by atoms with van der Waals surface area (Å²) >= 11 is 0. The van der Waals surface area contributed by atoms with Gasteiger partial charge in [0.25, 0.3) is 0 Å². The summed E-state index contributed by atoms with van der Waals surface area (Å²) in [5, 5.41) is 4.27. The Morgan fingerprint density at radius 3 is 2.55 bits per heavy atom. The monoisotopic (exact) mass is 424 g/mol. The van der Waals surface area contributed by atoms with Gasteiger partial charge in [-0.2, -0.15) is 13.2 Å². The lowest BCUT2D eigenvalue weighted by Crippen LogP contribution is -2.08. The van der Waals surface area contributed by atoms with Crippen LogP contribution in [0.4, 0.5) is 13.2 Å². The zero-order chi connectivity index (χ0) is 21.9. The van der Waals surface area contributed by atoms with Crippen LogP contribution in [0.3, 0.4) is 0 Å². The highest BCUT2D eigenvalue weighted by molar-refractivity contribution is 6.05. The highest BCUT2D eigenvalue weighted by Gasteiger charge is 2.35. The van der Waals surface area contributed by atoms with Gasteiger partial charge in [-0.3, -0.25) is 4.98 Å². The summed E-state index contributed by atoms with van der Waals surface area (Å²) < 4.78 is 47.4. The molecule has 2 aromatic carbocycles. The topological polar surface area (TPSA) is 87.6 Å². The van der Waals surface area contributed by atoms with E-state index < -0.39 is 17.4 Å². The third kappa shape index (κ3) is 3.00. The van der Waals surface area contributed by atoms with E-state index in [9.17, 15) is 18.0 Å². The largest absolute Gasteiger partial charge is 0.417 e. The van der Waals surface area contributed by atoms with Crippen molar-refractivity contribution in [3.05, 3.63) is 70.1 Å². The molecule has 5 aromatic rings. The Labute approximate surface area is 172 Å². The first-order valence-electron chi connectivity index (χ1n) is 9.38. The molecule has 0 atom stereocenters. The number of pyridine rings is 1. The number of hydrogen-bond donors (Lipinski definition) is 2. The SMILES string of the molecule is Cc1noc(C)c1-c1cc(-c2c(C(F)(F)F)ccc3ncccc23)c2[nH]c(=O)[nH]c2c1. The second-order valence-electron chi connectivity index (χ2n) is 7.28. The molecular weight excluding hydrogens is 409 g/mol. The number of alkyl halides is 3. The maximum absolute atomic E-state index is 14.0. The number of hydrogen-bond acceptors (Lipinski definition) is 4. The Balaban J connectivity index is 1.96. The predicted molar refractivity (Wildman–Crippen MR) is 110 cm³/mol. The van der Waals surface area contributed by atoms with Gasteiger partial charge in [0.2, 0.25) is 0 Å². The van der Waals surface area contributed by atoms with E-state index in [4.69, 9.17) is 4.52 Å². The molecule has 0 unspecified atom stereocenters. The molecule has 0 bridgehead atoms. The van der Waals surface area contributed by atoms with E-state index >= 15 is 0 Å². The maximum atomic E-state index is 14.0. The lowest BCUT2D eigenvalue weighted by molar-refractivity contribution is -0.137. The molecule has 0 radical (unpaired) electrons. The average molecular weight is 424 g/mol. The predicted octanol–water partition coefficient (Wildman–Crippen LogP) is 5.36. The van der Waals surface area contributed by atoms with E-state index in [1.165, 1.54) is 12.3 Å². The van der Waals surface area contributed by atoms with Crippen molar-refractivity contribution in [3.8, 4) is 22.3 Å². The van der Waals surface area contributed by atoms with Gasteiger partial charge in [0.1, 0.15) is 5.76 Å². The Morgan fingerprint density at radius 2 is 1.84 bits per heavy atom. The number of aromatic amines is 2. The van der Waals surface area contributed by atoms with Gasteiger partial charge in [0.05, 0.1) is 27.8 Å². The van der Waals surface area contributed by atoms with Gasteiger partial charge >= 0.3 is 11.9 Å². The molecule has 3 heterocycles. The molecule has 3 aromatic heterocycles. The molecule has 6 nitrogen and oxygen atoms in total. The molecule has 0 fully saturated rings. The summed E-state index contributed by atoms with van der Waals surface area (Å²) in [7, 11) is 0. The Kier molecular flexibility index (Phi) is 4.04. The van der Waals surface area contributed by atoms with E-state index in [1.807, 2.05) is 0 Å². The zero-order valence-electron chi connectivity index (χ0n) is 16.4. The van der Waals surface area contributed by atoms with Crippen LogP contribution >= 0.6 is 0 Å². The molecule has 0 aliphatic heterocycles. The van der Waals surface area contributed by atoms with Crippen molar-refractivity contribution in [3.63, 3.8) is 0 Å². The molecule has 0 saturated carbocycles. The number of nitrogens with one attached hydrogen (secondary N) is 2. The van der Waals surface area contributed by atoms with Crippen molar-refractivity contribution in [2.45, 2.75) is 20.0 Å². The van der Waals surface area contributed by atoms with Crippen LogP contribution in [0.5, 0.6) is 0 Å². The Hall–Kier alpha value is -3.88. The van der Waals surface area contributed by atoms with Gasteiger partial charge in [0, 0.05) is 28.3 Å². The maximum Gasteiger partial charge on any atom is 0.417 e. The fourth-order valence-corrected chi connectivity index (χ4v) is 4.06. The van der Waals surface area contributed by atoms with E-state index in [0.29, 0.717) is 39.0 Å². The summed E-state index contributed by atoms with van der Waals surface area (Å²) in [4.78, 5) is 21.6. The molecule has 0 aliphatic rings. The molecular formula is C22H15F3N4O2. The third-order valence-electron chi connectivity index (χ3n) is 5.31. The number of halogens is 3. The van der Waals surface area contributed by atoms with Crippen molar-refractivity contribution >= 4 is 21.9 Å². The fourth-order valence-electron chi connectivity index (χ4n) is 4.06. The van der Waals surface area contributed by atoms with Crippen molar-refractivity contribution in [2.24, 2.45) is 0 Å². The Morgan fingerprint density at radius 1 is 1.03 bits per heavy atom. The van der Waals surface area contributed by atoms with Gasteiger partial charge in [-0.1, -0.05) is 11.2 Å². The molecule has 0 saturated heterocycles. The summed E-state index contributed by atoms with van der Waals surface area (Å²) in [5.74, 6) is 0.524. The lowest BCUT2D eigenvalue weighted by Gasteiger charge is -2.17. The molecule has 0 amide bonds. The first kappa shape index (κ1) is 19.1. The number of fused-ring (bicyclic) bond motifs is 2. The lowest BCUT2D eigenvalue weighted by atomic mass is 9.91. The smallest absolute Gasteiger partial charge is 0.361 e. The van der Waals surface area contributed by atoms with Crippen LogP contribution in [0.25, 0.3) is 44.2 Å². The minimum absolute atomic E-state index is 0.0491. The quantitative estimate of drug-likeness (QED) is 0.399. The van der Waals surface area contributed by atoms with Crippen LogP contribution < -0.4 is 5.69 Å². The van der Waals surface area contributed by atoms with Gasteiger partial charge in [-0.05, 0) is 49.7 Å². The van der Waals surface area contributed by atoms with Crippen LogP contribution in [0.2, 0.25) is 0 Å². The second kappa shape index (κ2) is 6.56. The van der Waals surface area contributed by atoms with Crippen LogP contribution in [0.1, 0.15) is 17.0 Å². The number of rotatable bonds is 2.